The predicted octanol–water partition coefficient (Wildman–Crippen LogP) is 18.8. The number of likely N-dealkylation sites (N-methyl/N-ethyl adjacent to an activating group) is 1. The van der Waals surface area contributed by atoms with E-state index < -0.39 is 20.0 Å². The van der Waals surface area contributed by atoms with E-state index in [0.717, 1.165) is 38.5 Å². The summed E-state index contributed by atoms with van der Waals surface area (Å²) < 4.78 is 23.7. The second-order valence-electron chi connectivity index (χ2n) is 22.4. The summed E-state index contributed by atoms with van der Waals surface area (Å²) >= 11 is 0. The first-order valence-electron chi connectivity index (χ1n) is 30.7. The van der Waals surface area contributed by atoms with Gasteiger partial charge in [-0.15, -0.1) is 0 Å². The zero-order valence-electron chi connectivity index (χ0n) is 47.5. The number of rotatable bonds is 57. The van der Waals surface area contributed by atoms with Crippen molar-refractivity contribution in [2.75, 3.05) is 40.9 Å². The Bertz CT molecular complexity index is 1190. The van der Waals surface area contributed by atoms with Crippen molar-refractivity contribution in [1.82, 2.24) is 5.32 Å². The first kappa shape index (κ1) is 69.0. The molecule has 3 unspecified atom stereocenters. The van der Waals surface area contributed by atoms with Gasteiger partial charge in [0.1, 0.15) is 13.2 Å². The molecular formula is C61H122N2O6P+. The molecule has 0 aromatic carbocycles. The molecule has 0 spiro atoms. The Balaban J connectivity index is 4.17. The average Bonchev–Trinajstić information content (AvgIpc) is 3.32. The van der Waals surface area contributed by atoms with E-state index in [1.807, 2.05) is 27.2 Å². The normalized spacial score (nSPS) is 14.0. The lowest BCUT2D eigenvalue weighted by Gasteiger charge is -2.25. The van der Waals surface area contributed by atoms with Gasteiger partial charge in [0.2, 0.25) is 5.91 Å². The van der Waals surface area contributed by atoms with Gasteiger partial charge in [0.25, 0.3) is 0 Å². The van der Waals surface area contributed by atoms with Crippen LogP contribution in [0.2, 0.25) is 0 Å². The second kappa shape index (κ2) is 52.8. The van der Waals surface area contributed by atoms with E-state index in [2.05, 4.69) is 31.3 Å². The van der Waals surface area contributed by atoms with Gasteiger partial charge in [0, 0.05) is 6.42 Å². The number of unbranched alkanes of at least 4 members (excludes halogenated alkanes) is 42. The van der Waals surface area contributed by atoms with Crippen molar-refractivity contribution in [2.24, 2.45) is 0 Å². The van der Waals surface area contributed by atoms with Crippen LogP contribution in [0.1, 0.15) is 309 Å². The molecule has 416 valence electrons. The maximum atomic E-state index is 13.0. The number of hydrogen-bond donors (Lipinski definition) is 3. The fourth-order valence-electron chi connectivity index (χ4n) is 9.36. The van der Waals surface area contributed by atoms with Gasteiger partial charge >= 0.3 is 7.82 Å². The minimum Gasteiger partial charge on any atom is -0.387 e. The molecule has 0 aromatic rings. The molecule has 0 aliphatic carbocycles. The molecule has 0 heterocycles. The van der Waals surface area contributed by atoms with E-state index in [0.29, 0.717) is 17.4 Å². The van der Waals surface area contributed by atoms with Crippen molar-refractivity contribution in [3.05, 3.63) is 24.3 Å². The van der Waals surface area contributed by atoms with Crippen LogP contribution in [-0.2, 0) is 18.4 Å². The Labute approximate surface area is 436 Å². The quantitative estimate of drug-likeness (QED) is 0.0243. The van der Waals surface area contributed by atoms with Gasteiger partial charge in [-0.1, -0.05) is 295 Å². The van der Waals surface area contributed by atoms with Crippen molar-refractivity contribution in [2.45, 2.75) is 321 Å². The van der Waals surface area contributed by atoms with E-state index in [1.54, 1.807) is 6.08 Å². The summed E-state index contributed by atoms with van der Waals surface area (Å²) in [7, 11) is 1.57. The lowest BCUT2D eigenvalue weighted by molar-refractivity contribution is -0.870. The number of nitrogens with zero attached hydrogens (tertiary/aromatic N) is 1. The van der Waals surface area contributed by atoms with Gasteiger partial charge < -0.3 is 19.8 Å². The number of allylic oxidation sites excluding steroid dienone is 3. The van der Waals surface area contributed by atoms with Crippen LogP contribution in [0, 0.1) is 0 Å². The van der Waals surface area contributed by atoms with Gasteiger partial charge in [0.05, 0.1) is 39.9 Å². The van der Waals surface area contributed by atoms with Crippen molar-refractivity contribution in [1.29, 1.82) is 0 Å². The Hall–Kier alpha value is -1.02. The van der Waals surface area contributed by atoms with Crippen molar-refractivity contribution >= 4 is 13.7 Å². The van der Waals surface area contributed by atoms with Crippen LogP contribution in [-0.4, -0.2) is 73.4 Å². The van der Waals surface area contributed by atoms with Gasteiger partial charge in [0.15, 0.2) is 0 Å². The highest BCUT2D eigenvalue weighted by molar-refractivity contribution is 7.47. The number of amides is 1. The number of aliphatic hydroxyl groups is 1. The van der Waals surface area contributed by atoms with Crippen molar-refractivity contribution in [3.63, 3.8) is 0 Å². The van der Waals surface area contributed by atoms with Crippen LogP contribution in [0.4, 0.5) is 0 Å². The van der Waals surface area contributed by atoms with E-state index in [4.69, 9.17) is 9.05 Å². The minimum atomic E-state index is -4.35. The van der Waals surface area contributed by atoms with Crippen LogP contribution < -0.4 is 5.32 Å². The Morgan fingerprint density at radius 3 is 1.14 bits per heavy atom. The van der Waals surface area contributed by atoms with Crippen molar-refractivity contribution < 1.29 is 32.9 Å². The zero-order valence-corrected chi connectivity index (χ0v) is 48.4. The smallest absolute Gasteiger partial charge is 0.387 e. The number of quaternary nitrogens is 1. The molecule has 3 atom stereocenters. The highest BCUT2D eigenvalue weighted by atomic mass is 31.2. The SMILES string of the molecule is CCCCCCCCCCCCCCCCCCC/C=C/CC/C=C/C(O)C(COP(=O)(O)OCC[N+](C)(C)C)NC(=O)CCCCCCCCCCCCCCCCCCCCCCCCCCC. The van der Waals surface area contributed by atoms with Crippen molar-refractivity contribution in [3.8, 4) is 0 Å². The number of carbonyl (C=O) groups excluding carboxylic acids is 1. The summed E-state index contributed by atoms with van der Waals surface area (Å²) in [6.45, 7) is 4.85. The van der Waals surface area contributed by atoms with Crippen LogP contribution >= 0.6 is 7.82 Å². The molecule has 0 saturated heterocycles. The zero-order chi connectivity index (χ0) is 51.3. The van der Waals surface area contributed by atoms with Gasteiger partial charge in [-0.25, -0.2) is 4.57 Å². The summed E-state index contributed by atoms with van der Waals surface area (Å²) in [5, 5.41) is 13.9. The second-order valence-corrected chi connectivity index (χ2v) is 23.9. The molecule has 9 heteroatoms. The number of phosphoric ester groups is 1. The van der Waals surface area contributed by atoms with E-state index in [-0.39, 0.29) is 19.1 Å². The molecule has 0 aliphatic rings. The average molecular weight is 1010 g/mol. The van der Waals surface area contributed by atoms with Gasteiger partial charge in [-0.05, 0) is 32.1 Å². The molecule has 0 aliphatic heterocycles. The molecule has 0 radical (unpaired) electrons. The van der Waals surface area contributed by atoms with Crippen LogP contribution in [0.25, 0.3) is 0 Å². The first-order chi connectivity index (χ1) is 34.0. The van der Waals surface area contributed by atoms with E-state index in [9.17, 15) is 19.4 Å². The van der Waals surface area contributed by atoms with Gasteiger partial charge in [-0.2, -0.15) is 0 Å². The topological polar surface area (TPSA) is 105 Å². The maximum absolute atomic E-state index is 13.0. The highest BCUT2D eigenvalue weighted by Gasteiger charge is 2.27. The molecule has 0 rings (SSSR count). The summed E-state index contributed by atoms with van der Waals surface area (Å²) in [5.74, 6) is -0.180. The van der Waals surface area contributed by atoms with Crippen LogP contribution in [0.5, 0.6) is 0 Å². The number of hydrogen-bond acceptors (Lipinski definition) is 5. The summed E-state index contributed by atoms with van der Waals surface area (Å²) in [5.41, 5.74) is 0. The number of carbonyl (C=O) groups is 1. The Morgan fingerprint density at radius 2 is 0.786 bits per heavy atom. The summed E-state index contributed by atoms with van der Waals surface area (Å²) in [6, 6.07) is -0.860. The third-order valence-electron chi connectivity index (χ3n) is 14.2. The molecule has 70 heavy (non-hydrogen) atoms. The lowest BCUT2D eigenvalue weighted by Crippen LogP contribution is -2.45. The van der Waals surface area contributed by atoms with E-state index in [1.165, 1.54) is 250 Å². The summed E-state index contributed by atoms with van der Waals surface area (Å²) in [6.07, 6.45) is 67.3. The third kappa shape index (κ3) is 54.7. The molecule has 8 nitrogen and oxygen atoms in total. The molecule has 3 N–H and O–H groups in total. The van der Waals surface area contributed by atoms with Crippen LogP contribution in [0.15, 0.2) is 24.3 Å². The predicted molar refractivity (Wildman–Crippen MR) is 305 cm³/mol. The monoisotopic (exact) mass is 1010 g/mol. The summed E-state index contributed by atoms with van der Waals surface area (Å²) in [4.78, 5) is 23.3. The third-order valence-corrected chi connectivity index (χ3v) is 15.2. The fraction of sp³-hybridized carbons (Fsp3) is 0.918. The molecule has 0 fully saturated rings. The molecule has 0 saturated carbocycles. The number of phosphoric acid groups is 1. The first-order valence-corrected chi connectivity index (χ1v) is 32.2. The highest BCUT2D eigenvalue weighted by Crippen LogP contribution is 2.43. The van der Waals surface area contributed by atoms with E-state index >= 15 is 0 Å². The molecular weight excluding hydrogens is 888 g/mol. The largest absolute Gasteiger partial charge is 0.472 e. The Kier molecular flexibility index (Phi) is 52.1. The fourth-order valence-corrected chi connectivity index (χ4v) is 10.1. The van der Waals surface area contributed by atoms with Gasteiger partial charge in [-0.3, -0.25) is 13.8 Å². The number of nitrogens with one attached hydrogen (secondary N) is 1. The standard InChI is InChI=1S/C61H121N2O6P/c1-6-8-10-12-14-16-18-20-22-24-26-28-30-31-33-35-37-39-41-43-45-47-49-51-53-55-61(65)62-59(58-69-70(66,67)68-57-56-63(3,4)5)60(64)54-52-50-48-46-44-42-40-38-36-34-32-29-27-25-23-21-19-17-15-13-11-9-7-2/h44,46,52,54,59-60,64H,6-43,45,47-51,53,55-58H2,1-5H3,(H-,62,65,66,67)/p+1/b46-44+,54-52+. The molecule has 1 amide bonds. The lowest BCUT2D eigenvalue weighted by atomic mass is 10.0. The molecule has 0 aromatic heterocycles. The Morgan fingerprint density at radius 1 is 0.471 bits per heavy atom. The molecule has 0 bridgehead atoms. The number of aliphatic hydroxyl groups excluding tert-OH is 1. The maximum Gasteiger partial charge on any atom is 0.472 e. The van der Waals surface area contributed by atoms with Crippen LogP contribution in [0.3, 0.4) is 0 Å². The minimum absolute atomic E-state index is 0.0589.